The summed E-state index contributed by atoms with van der Waals surface area (Å²) in [6.45, 7) is 17.9. The number of allylic oxidation sites excluding steroid dienone is 10. The van der Waals surface area contributed by atoms with Gasteiger partial charge in [-0.05, 0) is 76.0 Å². The predicted molar refractivity (Wildman–Crippen MR) is 177 cm³/mol. The molecular formula is C39H48O7. The molecular weight excluding hydrogens is 580 g/mol. The van der Waals surface area contributed by atoms with Gasteiger partial charge in [0.15, 0.2) is 5.60 Å². The second kappa shape index (κ2) is 11.7. The molecule has 5 aliphatic rings. The van der Waals surface area contributed by atoms with Crippen LogP contribution >= 0.6 is 0 Å². The fraction of sp³-hybridized carbons (Fsp3) is 0.538. The molecule has 5 rings (SSSR count). The van der Waals surface area contributed by atoms with Gasteiger partial charge in [0, 0.05) is 30.6 Å². The third kappa shape index (κ3) is 6.15. The molecule has 0 aromatic rings. The summed E-state index contributed by atoms with van der Waals surface area (Å²) in [5, 5.41) is 10.3. The second-order valence-electron chi connectivity index (χ2n) is 15.2. The average Bonchev–Trinajstić information content (AvgIpc) is 3.69. The van der Waals surface area contributed by atoms with E-state index in [4.69, 9.17) is 18.9 Å². The van der Waals surface area contributed by atoms with E-state index in [9.17, 15) is 14.7 Å². The highest BCUT2D eigenvalue weighted by atomic mass is 16.6. The zero-order valence-corrected chi connectivity index (χ0v) is 28.7. The van der Waals surface area contributed by atoms with Gasteiger partial charge in [-0.3, -0.25) is 4.79 Å². The topological polar surface area (TPSA) is 97.9 Å². The lowest BCUT2D eigenvalue weighted by Crippen LogP contribution is -2.47. The third-order valence-electron chi connectivity index (χ3n) is 10.3. The van der Waals surface area contributed by atoms with Gasteiger partial charge in [0.1, 0.15) is 28.7 Å². The Morgan fingerprint density at radius 1 is 0.913 bits per heavy atom. The number of hydrogen-bond acceptors (Lipinski definition) is 7. The van der Waals surface area contributed by atoms with Crippen LogP contribution in [0.15, 0.2) is 83.2 Å². The van der Waals surface area contributed by atoms with Gasteiger partial charge in [0.25, 0.3) is 0 Å². The first-order chi connectivity index (χ1) is 21.4. The average molecular weight is 629 g/mol. The van der Waals surface area contributed by atoms with Crippen molar-refractivity contribution in [2.24, 2.45) is 10.8 Å². The molecule has 2 saturated carbocycles. The molecule has 3 aliphatic heterocycles. The molecule has 0 aromatic heterocycles. The predicted octanol–water partition coefficient (Wildman–Crippen LogP) is 6.91. The molecule has 0 spiro atoms. The van der Waals surface area contributed by atoms with Crippen LogP contribution in [0, 0.1) is 22.7 Å². The Bertz CT molecular complexity index is 1590. The number of carbonyl (C=O) groups is 2. The fourth-order valence-corrected chi connectivity index (χ4v) is 8.13. The van der Waals surface area contributed by atoms with Gasteiger partial charge < -0.3 is 24.1 Å². The van der Waals surface area contributed by atoms with Crippen molar-refractivity contribution < 1.29 is 33.6 Å². The van der Waals surface area contributed by atoms with Gasteiger partial charge in [-0.25, -0.2) is 4.79 Å². The van der Waals surface area contributed by atoms with Crippen LogP contribution in [0.5, 0.6) is 0 Å². The van der Waals surface area contributed by atoms with Crippen LogP contribution in [-0.2, 0) is 28.5 Å². The van der Waals surface area contributed by atoms with E-state index >= 15 is 0 Å². The number of hydrogen-bond donors (Lipinski definition) is 1. The lowest BCUT2D eigenvalue weighted by Gasteiger charge is -2.39. The van der Waals surface area contributed by atoms with E-state index < -0.39 is 22.4 Å². The van der Waals surface area contributed by atoms with Crippen molar-refractivity contribution in [3.05, 3.63) is 83.2 Å². The molecule has 246 valence electrons. The van der Waals surface area contributed by atoms with Crippen molar-refractivity contribution in [3.63, 3.8) is 0 Å². The summed E-state index contributed by atoms with van der Waals surface area (Å²) in [4.78, 5) is 24.0. The van der Waals surface area contributed by atoms with Crippen molar-refractivity contribution in [1.29, 1.82) is 0 Å². The molecule has 1 N–H and O–H groups in total. The SMILES string of the molecule is CC(=O)O[C@H]1CC(C)(C)[C@]2(C#C/C(C)=C/C=C/C=C/C=C(C)/C=C3C=C(/C=C/[C@@]45O[C@]4(C)C[C@@H](O)CC5(C)C)C(=O)O\3)O[C@]2(C)C1. The van der Waals surface area contributed by atoms with Crippen molar-refractivity contribution in [3.8, 4) is 11.8 Å². The van der Waals surface area contributed by atoms with E-state index in [1.165, 1.54) is 6.92 Å². The van der Waals surface area contributed by atoms with Crippen molar-refractivity contribution in [1.82, 2.24) is 0 Å². The molecule has 6 atom stereocenters. The molecule has 0 aromatic carbocycles. The Hall–Kier alpha value is -3.44. The molecule has 2 aliphatic carbocycles. The largest absolute Gasteiger partial charge is 0.462 e. The van der Waals surface area contributed by atoms with Crippen LogP contribution in [0.25, 0.3) is 0 Å². The minimum absolute atomic E-state index is 0.153. The monoisotopic (exact) mass is 628 g/mol. The second-order valence-corrected chi connectivity index (χ2v) is 15.2. The number of fused-ring (bicyclic) bond motifs is 2. The van der Waals surface area contributed by atoms with Crippen LogP contribution in [0.1, 0.15) is 88.0 Å². The highest BCUT2D eigenvalue weighted by molar-refractivity contribution is 5.95. The Morgan fingerprint density at radius 3 is 2.26 bits per heavy atom. The molecule has 4 fully saturated rings. The molecule has 7 nitrogen and oxygen atoms in total. The first kappa shape index (κ1) is 33.9. The molecule has 0 unspecified atom stereocenters. The van der Waals surface area contributed by atoms with E-state index in [0.29, 0.717) is 37.0 Å². The Morgan fingerprint density at radius 2 is 1.61 bits per heavy atom. The number of carbonyl (C=O) groups excluding carboxylic acids is 2. The third-order valence-corrected chi connectivity index (χ3v) is 10.3. The maximum atomic E-state index is 12.5. The van der Waals surface area contributed by atoms with Crippen LogP contribution in [-0.4, -0.2) is 51.7 Å². The smallest absolute Gasteiger partial charge is 0.343 e. The Kier molecular flexibility index (Phi) is 8.60. The number of cyclic esters (lactones) is 1. The van der Waals surface area contributed by atoms with E-state index in [1.807, 2.05) is 69.4 Å². The quantitative estimate of drug-likeness (QED) is 0.142. The first-order valence-electron chi connectivity index (χ1n) is 16.2. The summed E-state index contributed by atoms with van der Waals surface area (Å²) < 4.78 is 23.4. The molecule has 0 radical (unpaired) electrons. The summed E-state index contributed by atoms with van der Waals surface area (Å²) in [6, 6.07) is 0. The summed E-state index contributed by atoms with van der Waals surface area (Å²) in [5.74, 6) is 6.54. The van der Waals surface area contributed by atoms with Crippen LogP contribution < -0.4 is 0 Å². The molecule has 3 heterocycles. The zero-order chi connectivity index (χ0) is 33.8. The van der Waals surface area contributed by atoms with E-state index in [1.54, 1.807) is 12.2 Å². The van der Waals surface area contributed by atoms with E-state index in [0.717, 1.165) is 11.1 Å². The molecule has 46 heavy (non-hydrogen) atoms. The van der Waals surface area contributed by atoms with Crippen LogP contribution in [0.4, 0.5) is 0 Å². The molecule has 0 bridgehead atoms. The van der Waals surface area contributed by atoms with Gasteiger partial charge >= 0.3 is 11.9 Å². The summed E-state index contributed by atoms with van der Waals surface area (Å²) >= 11 is 0. The van der Waals surface area contributed by atoms with Gasteiger partial charge in [0.2, 0.25) is 0 Å². The Labute approximate surface area is 273 Å². The van der Waals surface area contributed by atoms with Crippen molar-refractivity contribution in [2.75, 3.05) is 0 Å². The standard InChI is InChI=1S/C39H48O7/c1-26(16-18-38-35(6,7)24-32(43-28(3)40)25-37(38,9)46-38)14-12-10-11-13-15-27(2)20-31-21-29(33(42)44-31)17-19-39-34(4,5)22-30(41)23-36(39,8)45-39/h10-15,17,19-21,30,32,41H,22-25H2,1-9H3/b12-10+,13-11+,19-17+,26-14+,27-15+,31-20+/t30-,32-,36+,37+,38-,39-/m0/s1. The van der Waals surface area contributed by atoms with E-state index in [2.05, 4.69) is 46.5 Å². The minimum Gasteiger partial charge on any atom is -0.462 e. The number of aliphatic hydroxyl groups excluding tert-OH is 1. The lowest BCUT2D eigenvalue weighted by molar-refractivity contribution is -0.149. The minimum atomic E-state index is -0.546. The van der Waals surface area contributed by atoms with Gasteiger partial charge in [-0.15, -0.1) is 0 Å². The van der Waals surface area contributed by atoms with E-state index in [-0.39, 0.29) is 35.0 Å². The summed E-state index contributed by atoms with van der Waals surface area (Å²) in [7, 11) is 0. The number of ether oxygens (including phenoxy) is 4. The van der Waals surface area contributed by atoms with Gasteiger partial charge in [0.05, 0.1) is 11.7 Å². The van der Waals surface area contributed by atoms with Gasteiger partial charge in [-0.2, -0.15) is 0 Å². The van der Waals surface area contributed by atoms with Crippen LogP contribution in [0.2, 0.25) is 0 Å². The molecule has 7 heteroatoms. The Balaban J connectivity index is 1.16. The maximum absolute atomic E-state index is 12.5. The normalized spacial score (nSPS) is 38.7. The van der Waals surface area contributed by atoms with Crippen molar-refractivity contribution >= 4 is 11.9 Å². The molecule has 2 saturated heterocycles. The number of epoxide rings is 2. The lowest BCUT2D eigenvalue weighted by atomic mass is 9.63. The highest BCUT2D eigenvalue weighted by Crippen LogP contribution is 2.66. The van der Waals surface area contributed by atoms with Crippen molar-refractivity contribution in [2.45, 2.75) is 123 Å². The number of rotatable bonds is 7. The zero-order valence-electron chi connectivity index (χ0n) is 28.7. The number of esters is 2. The summed E-state index contributed by atoms with van der Waals surface area (Å²) in [6.07, 6.45) is 21.1. The first-order valence-corrected chi connectivity index (χ1v) is 16.2. The van der Waals surface area contributed by atoms with Crippen LogP contribution in [0.3, 0.4) is 0 Å². The fourth-order valence-electron chi connectivity index (χ4n) is 8.13. The molecule has 0 amide bonds. The maximum Gasteiger partial charge on any atom is 0.343 e. The number of aliphatic hydroxyl groups is 1. The highest BCUT2D eigenvalue weighted by Gasteiger charge is 2.76. The summed E-state index contributed by atoms with van der Waals surface area (Å²) in [5.41, 5.74) is -0.0559. The van der Waals surface area contributed by atoms with Gasteiger partial charge in [-0.1, -0.05) is 76.0 Å².